The number of aromatic nitrogens is 3. The van der Waals surface area contributed by atoms with Crippen molar-refractivity contribution in [1.29, 1.82) is 0 Å². The number of carbonyl (C=O) groups is 1. The van der Waals surface area contributed by atoms with Gasteiger partial charge < -0.3 is 19.5 Å². The lowest BCUT2D eigenvalue weighted by Gasteiger charge is -2.27. The summed E-state index contributed by atoms with van der Waals surface area (Å²) in [7, 11) is 2.02. The van der Waals surface area contributed by atoms with Gasteiger partial charge in [-0.3, -0.25) is 4.98 Å². The third kappa shape index (κ3) is 6.50. The second-order valence-electron chi connectivity index (χ2n) is 9.03. The van der Waals surface area contributed by atoms with Gasteiger partial charge in [0.25, 0.3) is 0 Å². The molecule has 7 nitrogen and oxygen atoms in total. The van der Waals surface area contributed by atoms with E-state index >= 15 is 0 Å². The van der Waals surface area contributed by atoms with Gasteiger partial charge in [0.1, 0.15) is 0 Å². The number of allylic oxidation sites excluding steroid dienone is 1. The number of pyridine rings is 1. The largest absolute Gasteiger partial charge is 0.447 e. The lowest BCUT2D eigenvalue weighted by molar-refractivity contribution is 0.0732. The molecular weight excluding hydrogens is 462 g/mol. The zero-order valence-electron chi connectivity index (χ0n) is 20.5. The van der Waals surface area contributed by atoms with Crippen LogP contribution in [0.2, 0.25) is 5.02 Å². The summed E-state index contributed by atoms with van der Waals surface area (Å²) in [4.78, 5) is 21.8. The lowest BCUT2D eigenvalue weighted by atomic mass is 9.96. The summed E-state index contributed by atoms with van der Waals surface area (Å²) in [5.41, 5.74) is 7.18. The number of rotatable bonds is 3. The van der Waals surface area contributed by atoms with E-state index in [1.165, 1.54) is 28.0 Å². The minimum Gasteiger partial charge on any atom is -0.447 e. The predicted molar refractivity (Wildman–Crippen MR) is 139 cm³/mol. The molecule has 1 aromatic carbocycles. The van der Waals surface area contributed by atoms with Crippen molar-refractivity contribution in [2.75, 3.05) is 26.2 Å². The number of nitrogens with zero attached hydrogens (tertiary/aromatic N) is 4. The van der Waals surface area contributed by atoms with Gasteiger partial charge in [-0.25, -0.2) is 9.78 Å². The summed E-state index contributed by atoms with van der Waals surface area (Å²) in [6.07, 6.45) is 9.28. The maximum absolute atomic E-state index is 11.3. The molecule has 0 unspecified atom stereocenters. The van der Waals surface area contributed by atoms with Crippen molar-refractivity contribution in [3.05, 3.63) is 82.2 Å². The maximum atomic E-state index is 11.3. The highest BCUT2D eigenvalue weighted by atomic mass is 35.5. The number of nitrogens with one attached hydrogen (secondary N) is 1. The average Bonchev–Trinajstić information content (AvgIpc) is 3.18. The van der Waals surface area contributed by atoms with E-state index < -0.39 is 0 Å². The van der Waals surface area contributed by atoms with Gasteiger partial charge in [-0.15, -0.1) is 0 Å². The first-order valence-electron chi connectivity index (χ1n) is 12.0. The molecule has 1 amide bonds. The molecule has 3 aromatic rings. The number of aryl methyl sites for hydroxylation is 1. The van der Waals surface area contributed by atoms with Crippen LogP contribution in [0, 0.1) is 0 Å². The highest BCUT2D eigenvalue weighted by Crippen LogP contribution is 2.33. The first kappa shape index (κ1) is 24.9. The molecule has 1 saturated heterocycles. The normalized spacial score (nSPS) is 14.8. The van der Waals surface area contributed by atoms with Crippen LogP contribution >= 0.6 is 11.6 Å². The van der Waals surface area contributed by atoms with Gasteiger partial charge in [0.05, 0.1) is 18.1 Å². The van der Waals surface area contributed by atoms with E-state index in [1.807, 2.05) is 51.7 Å². The molecule has 2 aliphatic rings. The minimum absolute atomic E-state index is 0.0209. The molecule has 1 aliphatic carbocycles. The molecule has 0 radical (unpaired) electrons. The number of fused-ring (bicyclic) bond motifs is 2. The average molecular weight is 494 g/mol. The number of carbonyl (C=O) groups excluding carboxylic acids is 1. The first-order chi connectivity index (χ1) is 16.9. The molecule has 1 fully saturated rings. The summed E-state index contributed by atoms with van der Waals surface area (Å²) in [5.74, 6) is 0. The van der Waals surface area contributed by atoms with Crippen LogP contribution in [0.15, 0.2) is 49.1 Å². The fraction of sp³-hybridized carbons (Fsp3) is 0.370. The summed E-state index contributed by atoms with van der Waals surface area (Å²) < 4.78 is 7.10. The van der Waals surface area contributed by atoms with Crippen molar-refractivity contribution in [2.45, 2.75) is 32.8 Å². The molecule has 8 heteroatoms. The molecule has 184 valence electrons. The van der Waals surface area contributed by atoms with E-state index in [9.17, 15) is 4.79 Å². The van der Waals surface area contributed by atoms with E-state index in [2.05, 4.69) is 44.1 Å². The summed E-state index contributed by atoms with van der Waals surface area (Å²) in [5, 5.41) is 3.94. The Kier molecular flexibility index (Phi) is 8.21. The van der Waals surface area contributed by atoms with Crippen molar-refractivity contribution in [1.82, 2.24) is 24.8 Å². The topological polar surface area (TPSA) is 72.3 Å². The monoisotopic (exact) mass is 493 g/mol. The Labute approximate surface area is 211 Å². The molecule has 3 heterocycles. The molecule has 0 bridgehead atoms. The second kappa shape index (κ2) is 11.5. The Morgan fingerprint density at radius 3 is 2.74 bits per heavy atom. The number of piperazine rings is 1. The van der Waals surface area contributed by atoms with Crippen molar-refractivity contribution in [2.24, 2.45) is 7.05 Å². The Morgan fingerprint density at radius 1 is 1.23 bits per heavy atom. The zero-order valence-corrected chi connectivity index (χ0v) is 21.3. The van der Waals surface area contributed by atoms with Gasteiger partial charge in [-0.2, -0.15) is 0 Å². The second-order valence-corrected chi connectivity index (χ2v) is 9.47. The number of ether oxygens (including phenoxy) is 1. The Hall–Kier alpha value is -3.16. The fourth-order valence-electron chi connectivity index (χ4n) is 4.20. The van der Waals surface area contributed by atoms with Crippen LogP contribution in [0.4, 0.5) is 4.79 Å². The van der Waals surface area contributed by atoms with Crippen molar-refractivity contribution >= 4 is 29.3 Å². The quantitative estimate of drug-likeness (QED) is 0.577. The zero-order chi connectivity index (χ0) is 24.8. The minimum atomic E-state index is -0.188. The number of amides is 1. The molecular formula is C27H32ClN5O2. The van der Waals surface area contributed by atoms with Crippen LogP contribution < -0.4 is 5.32 Å². The number of benzene rings is 1. The molecule has 1 N–H and O–H groups in total. The van der Waals surface area contributed by atoms with Gasteiger partial charge in [-0.05, 0) is 60.4 Å². The molecule has 2 aromatic heterocycles. The summed E-state index contributed by atoms with van der Waals surface area (Å²) in [6, 6.07) is 10.2. The van der Waals surface area contributed by atoms with Crippen LogP contribution in [-0.2, 0) is 24.6 Å². The summed E-state index contributed by atoms with van der Waals surface area (Å²) in [6.45, 7) is 6.97. The van der Waals surface area contributed by atoms with E-state index in [-0.39, 0.29) is 12.2 Å². The lowest BCUT2D eigenvalue weighted by Crippen LogP contribution is -2.47. The van der Waals surface area contributed by atoms with Crippen LogP contribution in [0.5, 0.6) is 0 Å². The Bertz CT molecular complexity index is 1200. The van der Waals surface area contributed by atoms with Crippen LogP contribution in [-0.4, -0.2) is 57.8 Å². The standard InChI is InChI=1S/C19H16ClN3.C8H16N2O2/c1-23-12-21-11-17(23)8-15-7-14-3-2-6-22-19(14)9-13-4-5-16(20)10-18(13)15;1-7(2)12-8(11)10-5-3-9-4-6-10/h2-7,10-12H,8-9H2,1H3;7,9H,3-6H2,1-2H3. The van der Waals surface area contributed by atoms with Gasteiger partial charge in [0, 0.05) is 69.2 Å². The van der Waals surface area contributed by atoms with E-state index in [0.717, 1.165) is 49.7 Å². The number of hydrogen-bond donors (Lipinski definition) is 1. The molecule has 0 spiro atoms. The van der Waals surface area contributed by atoms with Crippen LogP contribution in [0.1, 0.15) is 41.9 Å². The fourth-order valence-corrected chi connectivity index (χ4v) is 4.37. The van der Waals surface area contributed by atoms with Gasteiger partial charge >= 0.3 is 6.09 Å². The molecule has 0 saturated carbocycles. The Balaban J connectivity index is 0.000000204. The van der Waals surface area contributed by atoms with Crippen molar-refractivity contribution < 1.29 is 9.53 Å². The van der Waals surface area contributed by atoms with Gasteiger partial charge in [0.2, 0.25) is 0 Å². The number of hydrogen-bond acceptors (Lipinski definition) is 5. The van der Waals surface area contributed by atoms with Crippen LogP contribution in [0.3, 0.4) is 0 Å². The van der Waals surface area contributed by atoms with Crippen LogP contribution in [0.25, 0.3) is 11.6 Å². The predicted octanol–water partition coefficient (Wildman–Crippen LogP) is 4.59. The Morgan fingerprint density at radius 2 is 2.03 bits per heavy atom. The van der Waals surface area contributed by atoms with E-state index in [0.29, 0.717) is 0 Å². The maximum Gasteiger partial charge on any atom is 0.410 e. The first-order valence-corrected chi connectivity index (χ1v) is 12.3. The van der Waals surface area contributed by atoms with E-state index in [1.54, 1.807) is 4.90 Å². The molecule has 0 atom stereocenters. The smallest absolute Gasteiger partial charge is 0.410 e. The van der Waals surface area contributed by atoms with Crippen molar-refractivity contribution in [3.8, 4) is 0 Å². The third-order valence-electron chi connectivity index (χ3n) is 6.03. The highest BCUT2D eigenvalue weighted by Gasteiger charge is 2.18. The molecule has 1 aliphatic heterocycles. The molecule has 5 rings (SSSR count). The third-order valence-corrected chi connectivity index (χ3v) is 6.27. The summed E-state index contributed by atoms with van der Waals surface area (Å²) >= 11 is 6.26. The molecule has 35 heavy (non-hydrogen) atoms. The number of halogens is 1. The van der Waals surface area contributed by atoms with Gasteiger partial charge in [0.15, 0.2) is 0 Å². The van der Waals surface area contributed by atoms with Crippen molar-refractivity contribution in [3.63, 3.8) is 0 Å². The van der Waals surface area contributed by atoms with Gasteiger partial charge in [-0.1, -0.05) is 23.7 Å². The number of imidazole rings is 1. The SMILES string of the molecule is CC(C)OC(=O)N1CCNCC1.Cn1cncc1CC1=Cc2cccnc2Cc2ccc(Cl)cc21. The van der Waals surface area contributed by atoms with E-state index in [4.69, 9.17) is 16.3 Å². The highest BCUT2D eigenvalue weighted by molar-refractivity contribution is 6.30.